The highest BCUT2D eigenvalue weighted by molar-refractivity contribution is 5.88. The van der Waals surface area contributed by atoms with Crippen molar-refractivity contribution in [2.24, 2.45) is 5.41 Å². The second-order valence-corrected chi connectivity index (χ2v) is 15.8. The van der Waals surface area contributed by atoms with Crippen molar-refractivity contribution in [3.63, 3.8) is 0 Å². The number of hydrogen-bond acceptors (Lipinski definition) is 6. The van der Waals surface area contributed by atoms with Crippen LogP contribution in [0.15, 0.2) is 36.4 Å². The molecule has 5 rings (SSSR count). The Morgan fingerprint density at radius 2 is 1.75 bits per heavy atom. The molecular formula is C40H54FN3O4. The Bertz CT molecular complexity index is 1630. The number of anilines is 1. The van der Waals surface area contributed by atoms with E-state index in [1.807, 2.05) is 54.5 Å². The van der Waals surface area contributed by atoms with Crippen LogP contribution in [0.3, 0.4) is 0 Å². The van der Waals surface area contributed by atoms with E-state index in [2.05, 4.69) is 41.8 Å². The third kappa shape index (κ3) is 8.44. The minimum absolute atomic E-state index is 0.00844. The number of halogens is 1. The molecule has 2 aliphatic rings. The lowest BCUT2D eigenvalue weighted by atomic mass is 9.81. The average molecular weight is 660 g/mol. The Hall–Kier alpha value is -3.33. The van der Waals surface area contributed by atoms with Gasteiger partial charge in [0.2, 0.25) is 0 Å². The maximum absolute atomic E-state index is 13.7. The van der Waals surface area contributed by atoms with Gasteiger partial charge in [0.1, 0.15) is 5.82 Å². The fourth-order valence-corrected chi connectivity index (χ4v) is 6.96. The zero-order valence-corrected chi connectivity index (χ0v) is 30.4. The molecule has 3 aromatic rings. The number of hydrogen-bond donors (Lipinski definition) is 1. The van der Waals surface area contributed by atoms with Crippen molar-refractivity contribution in [1.29, 1.82) is 0 Å². The molecule has 0 bridgehead atoms. The SMILES string of the molecule is Cc1cc(F)ccc1CN1CCc2cc(-c3c(COC(C)C)nc(C)c(C(OC(C)(C)C)C(=O)O)c3N3CCC(C)(C)CC3)ccc2C1. The smallest absolute Gasteiger partial charge is 0.337 e. The number of piperidine rings is 1. The topological polar surface area (TPSA) is 75.1 Å². The summed E-state index contributed by atoms with van der Waals surface area (Å²) in [4.78, 5) is 22.9. The second-order valence-electron chi connectivity index (χ2n) is 15.8. The van der Waals surface area contributed by atoms with E-state index in [1.165, 1.54) is 11.1 Å². The predicted molar refractivity (Wildman–Crippen MR) is 190 cm³/mol. The monoisotopic (exact) mass is 659 g/mol. The predicted octanol–water partition coefficient (Wildman–Crippen LogP) is 8.56. The summed E-state index contributed by atoms with van der Waals surface area (Å²) in [5.74, 6) is -1.22. The summed E-state index contributed by atoms with van der Waals surface area (Å²) in [6.07, 6.45) is 1.70. The summed E-state index contributed by atoms with van der Waals surface area (Å²) < 4.78 is 26.2. The van der Waals surface area contributed by atoms with Gasteiger partial charge in [-0.1, -0.05) is 38.1 Å². The Kier molecular flexibility index (Phi) is 10.7. The van der Waals surface area contributed by atoms with Gasteiger partial charge in [-0.3, -0.25) is 9.88 Å². The summed E-state index contributed by atoms with van der Waals surface area (Å²) in [6.45, 7) is 22.6. The molecule has 2 aliphatic heterocycles. The number of aliphatic carboxylic acids is 1. The normalized spacial score (nSPS) is 17.4. The number of rotatable bonds is 10. The van der Waals surface area contributed by atoms with Crippen molar-refractivity contribution in [1.82, 2.24) is 9.88 Å². The molecule has 0 spiro atoms. The Balaban J connectivity index is 1.63. The van der Waals surface area contributed by atoms with Crippen LogP contribution in [0.4, 0.5) is 10.1 Å². The molecular weight excluding hydrogens is 605 g/mol. The van der Waals surface area contributed by atoms with Gasteiger partial charge < -0.3 is 19.5 Å². The summed E-state index contributed by atoms with van der Waals surface area (Å²) in [5, 5.41) is 10.6. The van der Waals surface area contributed by atoms with Gasteiger partial charge in [-0.05, 0) is 113 Å². The average Bonchev–Trinajstić information content (AvgIpc) is 2.99. The molecule has 3 heterocycles. The van der Waals surface area contributed by atoms with E-state index >= 15 is 0 Å². The molecule has 260 valence electrons. The molecule has 8 heteroatoms. The van der Waals surface area contributed by atoms with Crippen LogP contribution in [-0.4, -0.2) is 52.3 Å². The molecule has 1 atom stereocenters. The first-order chi connectivity index (χ1) is 22.5. The van der Waals surface area contributed by atoms with Gasteiger partial charge in [0.15, 0.2) is 6.10 Å². The number of carboxylic acids is 1. The van der Waals surface area contributed by atoms with E-state index in [1.54, 1.807) is 12.1 Å². The highest BCUT2D eigenvalue weighted by atomic mass is 19.1. The summed E-state index contributed by atoms with van der Waals surface area (Å²) in [5.41, 5.74) is 9.15. The van der Waals surface area contributed by atoms with Gasteiger partial charge in [-0.2, -0.15) is 0 Å². The van der Waals surface area contributed by atoms with Crippen molar-refractivity contribution < 1.29 is 23.8 Å². The van der Waals surface area contributed by atoms with Crippen molar-refractivity contribution in [3.8, 4) is 11.1 Å². The third-order valence-corrected chi connectivity index (χ3v) is 9.70. The number of carbonyl (C=O) groups is 1. The van der Waals surface area contributed by atoms with Crippen molar-refractivity contribution in [3.05, 3.63) is 81.4 Å². The highest BCUT2D eigenvalue weighted by Gasteiger charge is 2.37. The van der Waals surface area contributed by atoms with Gasteiger partial charge in [0.05, 0.1) is 29.7 Å². The van der Waals surface area contributed by atoms with Crippen LogP contribution < -0.4 is 4.90 Å². The molecule has 7 nitrogen and oxygen atoms in total. The number of pyridine rings is 1. The maximum Gasteiger partial charge on any atom is 0.337 e. The Morgan fingerprint density at radius 3 is 2.38 bits per heavy atom. The lowest BCUT2D eigenvalue weighted by Gasteiger charge is -2.41. The number of fused-ring (bicyclic) bond motifs is 1. The number of aromatic nitrogens is 1. The first-order valence-electron chi connectivity index (χ1n) is 17.4. The summed E-state index contributed by atoms with van der Waals surface area (Å²) >= 11 is 0. The molecule has 1 fully saturated rings. The van der Waals surface area contributed by atoms with Crippen molar-refractivity contribution in [2.45, 2.75) is 119 Å². The molecule has 1 N–H and O–H groups in total. The minimum Gasteiger partial charge on any atom is -0.479 e. The van der Waals surface area contributed by atoms with Crippen LogP contribution in [0.25, 0.3) is 11.1 Å². The minimum atomic E-state index is -1.18. The van der Waals surface area contributed by atoms with E-state index in [0.29, 0.717) is 17.9 Å². The third-order valence-electron chi connectivity index (χ3n) is 9.70. The number of carboxylic acid groups (broad SMARTS) is 1. The fourth-order valence-electron chi connectivity index (χ4n) is 6.96. The van der Waals surface area contributed by atoms with Crippen LogP contribution >= 0.6 is 0 Å². The lowest BCUT2D eigenvalue weighted by molar-refractivity contribution is -0.160. The molecule has 0 saturated carbocycles. The van der Waals surface area contributed by atoms with Crippen molar-refractivity contribution >= 4 is 11.7 Å². The van der Waals surface area contributed by atoms with Gasteiger partial charge in [0.25, 0.3) is 0 Å². The van der Waals surface area contributed by atoms with Gasteiger partial charge in [0, 0.05) is 49.5 Å². The molecule has 1 unspecified atom stereocenters. The van der Waals surface area contributed by atoms with Crippen LogP contribution in [0, 0.1) is 25.1 Å². The van der Waals surface area contributed by atoms with Gasteiger partial charge >= 0.3 is 5.97 Å². The molecule has 48 heavy (non-hydrogen) atoms. The van der Waals surface area contributed by atoms with E-state index < -0.39 is 17.7 Å². The van der Waals surface area contributed by atoms with Crippen LogP contribution in [-0.2, 0) is 40.4 Å². The van der Waals surface area contributed by atoms with Gasteiger partial charge in [-0.15, -0.1) is 0 Å². The number of ether oxygens (including phenoxy) is 2. The summed E-state index contributed by atoms with van der Waals surface area (Å²) in [7, 11) is 0. The van der Waals surface area contributed by atoms with E-state index in [0.717, 1.165) is 85.6 Å². The molecule has 0 aliphatic carbocycles. The first kappa shape index (κ1) is 36.0. The Labute approximate surface area is 286 Å². The van der Waals surface area contributed by atoms with E-state index in [9.17, 15) is 14.3 Å². The standard InChI is InChI=1S/C40H54FN3O4/c1-25(2)47-24-33-35(29-10-11-31-23-43(17-14-28(31)21-29)22-30-12-13-32(41)20-26(30)3)36(44-18-15-40(8,9)16-19-44)34(27(4)42-33)37(38(45)46)48-39(5,6)7/h10-13,20-21,25,37H,14-19,22-24H2,1-9H3,(H,45,46). The van der Waals surface area contributed by atoms with Crippen LogP contribution in [0.1, 0.15) is 107 Å². The molecule has 0 radical (unpaired) electrons. The number of benzene rings is 2. The largest absolute Gasteiger partial charge is 0.479 e. The maximum atomic E-state index is 13.7. The first-order valence-corrected chi connectivity index (χ1v) is 17.4. The highest BCUT2D eigenvalue weighted by Crippen LogP contribution is 2.46. The Morgan fingerprint density at radius 1 is 1.04 bits per heavy atom. The second kappa shape index (κ2) is 14.3. The zero-order valence-electron chi connectivity index (χ0n) is 30.4. The molecule has 0 amide bonds. The van der Waals surface area contributed by atoms with Crippen LogP contribution in [0.2, 0.25) is 0 Å². The van der Waals surface area contributed by atoms with Gasteiger partial charge in [-0.25, -0.2) is 9.18 Å². The summed E-state index contributed by atoms with van der Waals surface area (Å²) in [6, 6.07) is 11.7. The van der Waals surface area contributed by atoms with Crippen molar-refractivity contribution in [2.75, 3.05) is 24.5 Å². The number of aryl methyl sites for hydroxylation is 2. The lowest BCUT2D eigenvalue weighted by Crippen LogP contribution is -2.39. The zero-order chi connectivity index (χ0) is 35.0. The van der Waals surface area contributed by atoms with Crippen LogP contribution in [0.5, 0.6) is 0 Å². The number of nitrogens with zero attached hydrogens (tertiary/aromatic N) is 3. The molecule has 1 aromatic heterocycles. The molecule has 2 aromatic carbocycles. The fraction of sp³-hybridized carbons (Fsp3) is 0.550. The van der Waals surface area contributed by atoms with E-state index in [4.69, 9.17) is 14.5 Å². The van der Waals surface area contributed by atoms with E-state index in [-0.39, 0.29) is 17.3 Å². The quantitative estimate of drug-likeness (QED) is 0.234. The molecule has 1 saturated heterocycles.